The smallest absolute Gasteiger partial charge is 0.259 e. The van der Waals surface area contributed by atoms with Crippen molar-refractivity contribution in [2.75, 3.05) is 6.61 Å². The van der Waals surface area contributed by atoms with Crippen LogP contribution in [0.25, 0.3) is 0 Å². The third kappa shape index (κ3) is 9.16. The molecule has 1 saturated heterocycles. The van der Waals surface area contributed by atoms with Crippen molar-refractivity contribution in [2.45, 2.75) is 78.2 Å². The Morgan fingerprint density at radius 3 is 2.43 bits per heavy atom. The van der Waals surface area contributed by atoms with Gasteiger partial charge in [0.2, 0.25) is 0 Å². The number of rotatable bonds is 9. The second kappa shape index (κ2) is 14.7. The van der Waals surface area contributed by atoms with Gasteiger partial charge < -0.3 is 13.8 Å². The van der Waals surface area contributed by atoms with Crippen LogP contribution < -0.4 is 0 Å². The van der Waals surface area contributed by atoms with Crippen LogP contribution in [0.15, 0.2) is 0 Å². The average Bonchev–Trinajstić information content (AvgIpc) is 2.85. The minimum atomic E-state index is -1.18. The minimum absolute atomic E-state index is 0. The Kier molecular flexibility index (Phi) is 17.1. The molecule has 0 amide bonds. The SMILES string of the molecule is CC[C@H]1O[CH-]CC1OP(OCCC#N)N(C(C)C)C(C)C.[W].[Y]. The van der Waals surface area contributed by atoms with E-state index in [9.17, 15) is 0 Å². The summed E-state index contributed by atoms with van der Waals surface area (Å²) >= 11 is 0. The normalized spacial score (nSPS) is 21.9. The number of nitriles is 1. The third-order valence-electron chi connectivity index (χ3n) is 3.30. The summed E-state index contributed by atoms with van der Waals surface area (Å²) in [6, 6.07) is 2.76. The van der Waals surface area contributed by atoms with Gasteiger partial charge in [0.05, 0.1) is 25.2 Å². The standard InChI is InChI=1S/C15H28N2O3P.W.Y/c1-6-14-15(8-11-18-14)20-21(19-10-7-9-16)17(12(2)3)13(4)5;;/h11-15H,6-8,10H2,1-5H3;;/q-1;;/t14-,15?,21?;;/m1../s1. The van der Waals surface area contributed by atoms with Crippen LogP contribution in [0.5, 0.6) is 0 Å². The Labute approximate surface area is 182 Å². The zero-order valence-electron chi connectivity index (χ0n) is 14.8. The largest absolute Gasteiger partial charge is 0.548 e. The van der Waals surface area contributed by atoms with Crippen LogP contribution in [0.2, 0.25) is 0 Å². The number of hydrogen-bond donors (Lipinski definition) is 0. The quantitative estimate of drug-likeness (QED) is 0.232. The molecular formula is C15H28N2O3PWY-. The Hall–Kier alpha value is 1.55. The molecule has 0 aliphatic carbocycles. The summed E-state index contributed by atoms with van der Waals surface area (Å²) in [6.07, 6.45) is 2.25. The van der Waals surface area contributed by atoms with E-state index in [2.05, 4.69) is 45.4 Å². The van der Waals surface area contributed by atoms with Crippen LogP contribution >= 0.6 is 8.53 Å². The molecule has 1 heterocycles. The van der Waals surface area contributed by atoms with Crippen LogP contribution in [-0.4, -0.2) is 35.6 Å². The topological polar surface area (TPSA) is 54.7 Å². The first-order valence-corrected chi connectivity index (χ1v) is 8.86. The summed E-state index contributed by atoms with van der Waals surface area (Å²) in [6.45, 7) is 12.9. The monoisotopic (exact) mass is 588 g/mol. The van der Waals surface area contributed by atoms with E-state index in [1.807, 2.05) is 6.61 Å². The van der Waals surface area contributed by atoms with Gasteiger partial charge in [0.15, 0.2) is 0 Å². The molecule has 1 radical (unpaired) electrons. The second-order valence-corrected chi connectivity index (χ2v) is 7.08. The molecule has 0 aromatic heterocycles. The predicted octanol–water partition coefficient (Wildman–Crippen LogP) is 4.00. The van der Waals surface area contributed by atoms with E-state index in [4.69, 9.17) is 19.0 Å². The van der Waals surface area contributed by atoms with E-state index >= 15 is 0 Å². The molecule has 0 N–H and O–H groups in total. The van der Waals surface area contributed by atoms with Gasteiger partial charge in [0, 0.05) is 72.0 Å². The molecule has 0 saturated carbocycles. The summed E-state index contributed by atoms with van der Waals surface area (Å²) in [5.41, 5.74) is 0. The van der Waals surface area contributed by atoms with Gasteiger partial charge in [-0.25, -0.2) is 11.3 Å². The van der Waals surface area contributed by atoms with Gasteiger partial charge in [-0.15, -0.1) is 6.42 Å². The predicted molar refractivity (Wildman–Crippen MR) is 84.2 cm³/mol. The van der Waals surface area contributed by atoms with E-state index < -0.39 is 8.53 Å². The number of ether oxygens (including phenoxy) is 1. The number of hydrogen-bond acceptors (Lipinski definition) is 5. The molecule has 5 nitrogen and oxygen atoms in total. The fraction of sp³-hybridized carbons (Fsp3) is 0.867. The van der Waals surface area contributed by atoms with Crippen molar-refractivity contribution in [1.82, 2.24) is 4.67 Å². The van der Waals surface area contributed by atoms with Gasteiger partial charge in [-0.1, -0.05) is 6.92 Å². The first-order chi connectivity index (χ1) is 10.0. The summed E-state index contributed by atoms with van der Waals surface area (Å²) in [5, 5.41) is 8.70. The van der Waals surface area contributed by atoms with Gasteiger partial charge >= 0.3 is 0 Å². The van der Waals surface area contributed by atoms with Crippen LogP contribution in [0, 0.1) is 17.9 Å². The van der Waals surface area contributed by atoms with Crippen LogP contribution in [0.1, 0.15) is 53.9 Å². The van der Waals surface area contributed by atoms with Crippen molar-refractivity contribution in [3.8, 4) is 6.07 Å². The molecular weight excluding hydrogens is 560 g/mol. The Morgan fingerprint density at radius 2 is 1.96 bits per heavy atom. The third-order valence-corrected chi connectivity index (χ3v) is 5.46. The van der Waals surface area contributed by atoms with E-state index in [-0.39, 0.29) is 66.0 Å². The fourth-order valence-corrected chi connectivity index (χ4v) is 4.15. The second-order valence-electron chi connectivity index (χ2n) is 5.68. The van der Waals surface area contributed by atoms with Crippen molar-refractivity contribution in [2.24, 2.45) is 0 Å². The van der Waals surface area contributed by atoms with Crippen molar-refractivity contribution < 1.29 is 67.6 Å². The van der Waals surface area contributed by atoms with E-state index in [1.165, 1.54) is 0 Å². The Bertz CT molecular complexity index is 337. The molecule has 23 heavy (non-hydrogen) atoms. The fourth-order valence-electron chi connectivity index (χ4n) is 2.39. The van der Waals surface area contributed by atoms with Crippen LogP contribution in [0.4, 0.5) is 0 Å². The zero-order valence-corrected chi connectivity index (χ0v) is 21.4. The summed E-state index contributed by atoms with van der Waals surface area (Å²) in [4.78, 5) is 0. The number of nitrogens with zero attached hydrogens (tertiary/aromatic N) is 2. The summed E-state index contributed by atoms with van der Waals surface area (Å²) in [5.74, 6) is 0. The van der Waals surface area contributed by atoms with Crippen LogP contribution in [-0.2, 0) is 67.6 Å². The van der Waals surface area contributed by atoms with Crippen molar-refractivity contribution >= 4 is 8.53 Å². The molecule has 1 rings (SSSR count). The molecule has 1 fully saturated rings. The molecule has 1 aliphatic rings. The first kappa shape index (κ1) is 26.8. The van der Waals surface area contributed by atoms with Gasteiger partial charge in [-0.2, -0.15) is 5.26 Å². The molecule has 3 atom stereocenters. The van der Waals surface area contributed by atoms with E-state index in [0.717, 1.165) is 12.8 Å². The zero-order chi connectivity index (χ0) is 15.8. The van der Waals surface area contributed by atoms with Crippen molar-refractivity contribution in [1.29, 1.82) is 5.26 Å². The maximum Gasteiger partial charge on any atom is 0.259 e. The molecule has 0 aromatic carbocycles. The van der Waals surface area contributed by atoms with E-state index in [1.54, 1.807) is 0 Å². The maximum atomic E-state index is 8.70. The van der Waals surface area contributed by atoms with Crippen LogP contribution in [0.3, 0.4) is 0 Å². The van der Waals surface area contributed by atoms with Gasteiger partial charge in [0.25, 0.3) is 8.53 Å². The minimum Gasteiger partial charge on any atom is -0.548 e. The molecule has 0 bridgehead atoms. The average molecular weight is 588 g/mol. The molecule has 0 aromatic rings. The van der Waals surface area contributed by atoms with Gasteiger partial charge in [-0.3, -0.25) is 0 Å². The molecule has 2 unspecified atom stereocenters. The van der Waals surface area contributed by atoms with Crippen molar-refractivity contribution in [3.05, 3.63) is 6.61 Å². The van der Waals surface area contributed by atoms with Crippen molar-refractivity contribution in [3.63, 3.8) is 0 Å². The van der Waals surface area contributed by atoms with Gasteiger partial charge in [0.1, 0.15) is 0 Å². The first-order valence-electron chi connectivity index (χ1n) is 7.73. The molecule has 1 aliphatic heterocycles. The Morgan fingerprint density at radius 1 is 1.35 bits per heavy atom. The van der Waals surface area contributed by atoms with Gasteiger partial charge in [-0.05, 0) is 34.1 Å². The molecule has 8 heteroatoms. The van der Waals surface area contributed by atoms with E-state index in [0.29, 0.717) is 25.1 Å². The maximum absolute atomic E-state index is 8.70. The summed E-state index contributed by atoms with van der Waals surface area (Å²) in [7, 11) is -1.18. The summed E-state index contributed by atoms with van der Waals surface area (Å²) < 4.78 is 20.0. The molecule has 131 valence electrons. The molecule has 0 spiro atoms. The Balaban J connectivity index is 0.